The Hall–Kier alpha value is -1.12. The van der Waals surface area contributed by atoms with Gasteiger partial charge in [0.1, 0.15) is 9.90 Å². The third-order valence-electron chi connectivity index (χ3n) is 2.58. The van der Waals surface area contributed by atoms with Crippen LogP contribution in [0, 0.1) is 0 Å². The summed E-state index contributed by atoms with van der Waals surface area (Å²) in [7, 11) is -3.50. The zero-order valence-electron chi connectivity index (χ0n) is 11.9. The second-order valence-electron chi connectivity index (χ2n) is 4.18. The number of hydrogen-bond acceptors (Lipinski definition) is 7. The fourth-order valence-electron chi connectivity index (χ4n) is 1.66. The summed E-state index contributed by atoms with van der Waals surface area (Å²) in [5.74, 6) is -0.157. The molecule has 0 bridgehead atoms. The van der Waals surface area contributed by atoms with Gasteiger partial charge in [-0.25, -0.2) is 8.42 Å². The summed E-state index contributed by atoms with van der Waals surface area (Å²) < 4.78 is 28.8. The number of hydrogen-bond donors (Lipinski definition) is 2. The summed E-state index contributed by atoms with van der Waals surface area (Å²) in [4.78, 5) is 12.1. The maximum atomic E-state index is 11.8. The van der Waals surface area contributed by atoms with Crippen LogP contribution in [0.4, 0.5) is 10.7 Å². The first kappa shape index (κ1) is 16.9. The number of anilines is 2. The van der Waals surface area contributed by atoms with Crippen molar-refractivity contribution in [1.29, 1.82) is 0 Å². The molecule has 6 nitrogen and oxygen atoms in total. The van der Waals surface area contributed by atoms with Gasteiger partial charge in [0.15, 0.2) is 15.6 Å². The van der Waals surface area contributed by atoms with Gasteiger partial charge in [-0.3, -0.25) is 4.79 Å². The van der Waals surface area contributed by atoms with Crippen LogP contribution in [0.2, 0.25) is 0 Å². The number of sulfone groups is 1. The molecule has 0 saturated heterocycles. The smallest absolute Gasteiger partial charge is 0.180 e. The van der Waals surface area contributed by atoms with E-state index in [1.807, 2.05) is 6.92 Å². The maximum Gasteiger partial charge on any atom is 0.180 e. The highest BCUT2D eigenvalue weighted by Crippen LogP contribution is 2.39. The Morgan fingerprint density at radius 2 is 2.05 bits per heavy atom. The van der Waals surface area contributed by atoms with Gasteiger partial charge in [0, 0.05) is 25.8 Å². The molecule has 1 rings (SSSR count). The Bertz CT molecular complexity index is 579. The van der Waals surface area contributed by atoms with Crippen molar-refractivity contribution in [3.05, 3.63) is 4.88 Å². The minimum absolute atomic E-state index is 0.01000. The third-order valence-corrected chi connectivity index (χ3v) is 5.08. The van der Waals surface area contributed by atoms with Crippen molar-refractivity contribution >= 4 is 37.6 Å². The third kappa shape index (κ3) is 3.94. The van der Waals surface area contributed by atoms with Gasteiger partial charge in [-0.05, 0) is 6.92 Å². The largest absolute Gasteiger partial charge is 0.396 e. The van der Waals surface area contributed by atoms with E-state index in [1.165, 1.54) is 0 Å². The average molecular weight is 320 g/mol. The molecule has 0 unspecified atom stereocenters. The van der Waals surface area contributed by atoms with Gasteiger partial charge in [-0.2, -0.15) is 0 Å². The van der Waals surface area contributed by atoms with Gasteiger partial charge in [-0.15, -0.1) is 11.3 Å². The number of rotatable bonds is 8. The van der Waals surface area contributed by atoms with Crippen molar-refractivity contribution < 1.29 is 17.9 Å². The summed E-state index contributed by atoms with van der Waals surface area (Å²) in [5.41, 5.74) is 5.88. The molecule has 8 heteroatoms. The topological polar surface area (TPSA) is 98.5 Å². The van der Waals surface area contributed by atoms with Gasteiger partial charge in [0.2, 0.25) is 0 Å². The number of carbonyl (C=O) groups is 1. The molecule has 1 aromatic heterocycles. The summed E-state index contributed by atoms with van der Waals surface area (Å²) in [5, 5.41) is 3.38. The van der Waals surface area contributed by atoms with Crippen LogP contribution in [-0.2, 0) is 14.6 Å². The van der Waals surface area contributed by atoms with E-state index < -0.39 is 9.84 Å². The molecule has 1 heterocycles. The van der Waals surface area contributed by atoms with Crippen molar-refractivity contribution in [3.8, 4) is 0 Å². The summed E-state index contributed by atoms with van der Waals surface area (Å²) in [6.07, 6.45) is 1.37. The first-order chi connectivity index (χ1) is 9.32. The van der Waals surface area contributed by atoms with E-state index in [0.29, 0.717) is 29.6 Å². The van der Waals surface area contributed by atoms with Crippen LogP contribution >= 0.6 is 11.3 Å². The van der Waals surface area contributed by atoms with E-state index in [4.69, 9.17) is 10.5 Å². The number of Topliss-reactive ketones (excluding diaryl/α,β-unsaturated/α-hetero) is 1. The van der Waals surface area contributed by atoms with Gasteiger partial charge >= 0.3 is 0 Å². The Kier molecular flexibility index (Phi) is 5.97. The molecule has 3 N–H and O–H groups in total. The summed E-state index contributed by atoms with van der Waals surface area (Å²) in [6, 6.07) is 0. The lowest BCUT2D eigenvalue weighted by atomic mass is 10.2. The summed E-state index contributed by atoms with van der Waals surface area (Å²) in [6.45, 7) is 5.09. The van der Waals surface area contributed by atoms with Crippen LogP contribution in [-0.4, -0.2) is 40.2 Å². The van der Waals surface area contributed by atoms with Gasteiger partial charge in [0.25, 0.3) is 0 Å². The van der Waals surface area contributed by atoms with Gasteiger partial charge < -0.3 is 15.8 Å². The van der Waals surface area contributed by atoms with E-state index >= 15 is 0 Å². The molecule has 0 aromatic carbocycles. The molecular formula is C12H20N2O4S2. The number of ketones is 1. The molecular weight excluding hydrogens is 300 g/mol. The number of nitrogen functional groups attached to an aromatic ring is 1. The molecule has 1 aromatic rings. The van der Waals surface area contributed by atoms with Crippen molar-refractivity contribution in [2.45, 2.75) is 25.2 Å². The van der Waals surface area contributed by atoms with Crippen LogP contribution < -0.4 is 11.1 Å². The molecule has 0 radical (unpaired) electrons. The fraction of sp³-hybridized carbons (Fsp3) is 0.583. The fourth-order valence-corrected chi connectivity index (χ4v) is 4.27. The highest BCUT2D eigenvalue weighted by atomic mass is 32.2. The van der Waals surface area contributed by atoms with Crippen molar-refractivity contribution in [1.82, 2.24) is 0 Å². The Labute approximate surface area is 123 Å². The van der Waals surface area contributed by atoms with Crippen LogP contribution in [0.5, 0.6) is 0 Å². The Morgan fingerprint density at radius 3 is 2.55 bits per heavy atom. The van der Waals surface area contributed by atoms with Gasteiger partial charge in [0.05, 0.1) is 17.2 Å². The molecule has 0 amide bonds. The zero-order chi connectivity index (χ0) is 15.3. The van der Waals surface area contributed by atoms with E-state index in [9.17, 15) is 13.2 Å². The molecule has 0 aliphatic carbocycles. The van der Waals surface area contributed by atoms with E-state index in [2.05, 4.69) is 5.32 Å². The number of nitrogens with two attached hydrogens (primary N) is 1. The number of thiophene rings is 1. The predicted molar refractivity (Wildman–Crippen MR) is 81.4 cm³/mol. The second kappa shape index (κ2) is 7.05. The lowest BCUT2D eigenvalue weighted by Gasteiger charge is -2.06. The minimum Gasteiger partial charge on any atom is -0.396 e. The molecule has 0 aliphatic rings. The average Bonchev–Trinajstić information content (AvgIpc) is 2.70. The van der Waals surface area contributed by atoms with Crippen LogP contribution in [0.25, 0.3) is 0 Å². The Morgan fingerprint density at radius 1 is 1.40 bits per heavy atom. The Balaban J connectivity index is 3.11. The predicted octanol–water partition coefficient (Wildman–Crippen LogP) is 1.77. The zero-order valence-corrected chi connectivity index (χ0v) is 13.5. The quantitative estimate of drug-likeness (QED) is 0.559. The van der Waals surface area contributed by atoms with Crippen LogP contribution in [0.3, 0.4) is 0 Å². The normalized spacial score (nSPS) is 11.6. The molecule has 0 aliphatic heterocycles. The van der Waals surface area contributed by atoms with Crippen LogP contribution in [0.1, 0.15) is 29.9 Å². The minimum atomic E-state index is -3.50. The first-order valence-electron chi connectivity index (χ1n) is 6.30. The maximum absolute atomic E-state index is 11.8. The molecule has 114 valence electrons. The van der Waals surface area contributed by atoms with E-state index in [1.54, 1.807) is 6.92 Å². The lowest BCUT2D eigenvalue weighted by Crippen LogP contribution is -2.11. The summed E-state index contributed by atoms with van der Waals surface area (Å²) >= 11 is 1.08. The SMILES string of the molecule is CCOCCNc1sc(C(=O)CC)c(N)c1S(C)(=O)=O. The molecule has 0 fully saturated rings. The van der Waals surface area contributed by atoms with E-state index in [0.717, 1.165) is 17.6 Å². The van der Waals surface area contributed by atoms with Crippen LogP contribution in [0.15, 0.2) is 4.90 Å². The van der Waals surface area contributed by atoms with Gasteiger partial charge in [-0.1, -0.05) is 6.92 Å². The monoisotopic (exact) mass is 320 g/mol. The molecule has 0 atom stereocenters. The van der Waals surface area contributed by atoms with E-state index in [-0.39, 0.29) is 22.8 Å². The first-order valence-corrected chi connectivity index (χ1v) is 9.00. The lowest BCUT2D eigenvalue weighted by molar-refractivity contribution is 0.0992. The van der Waals surface area contributed by atoms with Crippen molar-refractivity contribution in [2.24, 2.45) is 0 Å². The highest BCUT2D eigenvalue weighted by molar-refractivity contribution is 7.91. The molecule has 0 spiro atoms. The standard InChI is InChI=1S/C12H20N2O4S2/c1-4-8(15)10-9(13)11(20(3,16)17)12(19-10)14-6-7-18-5-2/h14H,4-7,13H2,1-3H3. The highest BCUT2D eigenvalue weighted by Gasteiger charge is 2.26. The molecule has 20 heavy (non-hydrogen) atoms. The van der Waals surface area contributed by atoms with Crippen molar-refractivity contribution in [3.63, 3.8) is 0 Å². The molecule has 0 saturated carbocycles. The number of carbonyl (C=O) groups excluding carboxylic acids is 1. The second-order valence-corrected chi connectivity index (χ2v) is 7.15. The number of nitrogens with one attached hydrogen (secondary N) is 1. The van der Waals surface area contributed by atoms with Crippen molar-refractivity contribution in [2.75, 3.05) is 37.1 Å². The number of ether oxygens (including phenoxy) is 1.